The molecule has 26 heavy (non-hydrogen) atoms. The van der Waals surface area contributed by atoms with Gasteiger partial charge in [0.25, 0.3) is 0 Å². The molecule has 0 aromatic heterocycles. The van der Waals surface area contributed by atoms with Gasteiger partial charge in [-0.1, -0.05) is 123 Å². The van der Waals surface area contributed by atoms with Crippen LogP contribution in [0.3, 0.4) is 0 Å². The van der Waals surface area contributed by atoms with E-state index in [2.05, 4.69) is 25.7 Å². The van der Waals surface area contributed by atoms with Gasteiger partial charge >= 0.3 is 0 Å². The molecule has 0 radical (unpaired) electrons. The molecule has 0 atom stereocenters. The molecule has 0 fully saturated rings. The van der Waals surface area contributed by atoms with Crippen molar-refractivity contribution in [3.8, 4) is 0 Å². The highest BCUT2D eigenvalue weighted by molar-refractivity contribution is 7.80. The lowest BCUT2D eigenvalue weighted by Crippen LogP contribution is -2.31. The average Bonchev–Trinajstić information content (AvgIpc) is 2.65. The van der Waals surface area contributed by atoms with Crippen molar-refractivity contribution in [1.82, 2.24) is 4.90 Å². The Hall–Kier alpha value is -0.110. The van der Waals surface area contributed by atoms with Crippen molar-refractivity contribution in [1.29, 1.82) is 0 Å². The summed E-state index contributed by atoms with van der Waals surface area (Å²) in [6, 6.07) is 0. The maximum atomic E-state index is 5.82. The maximum absolute atomic E-state index is 5.82. The molecule has 0 saturated heterocycles. The van der Waals surface area contributed by atoms with Crippen molar-refractivity contribution in [3.05, 3.63) is 0 Å². The van der Waals surface area contributed by atoms with E-state index in [1.54, 1.807) is 0 Å². The standard InChI is InChI=1S/C24H49NS/c1-4-7-10-13-16-19-22-25(23-20-17-14-11-8-5-2)24(26)21-18-15-12-9-6-3/h4-23H2,1-3H3. The Labute approximate surface area is 171 Å². The number of rotatable bonds is 20. The Morgan fingerprint density at radius 3 is 1.27 bits per heavy atom. The molecule has 156 valence electrons. The van der Waals surface area contributed by atoms with Gasteiger partial charge in [-0.15, -0.1) is 0 Å². The summed E-state index contributed by atoms with van der Waals surface area (Å²) in [5, 5.41) is 0. The van der Waals surface area contributed by atoms with E-state index in [1.165, 1.54) is 127 Å². The first kappa shape index (κ1) is 25.9. The molecule has 0 bridgehead atoms. The van der Waals surface area contributed by atoms with E-state index in [0.717, 1.165) is 6.42 Å². The summed E-state index contributed by atoms with van der Waals surface area (Å²) < 4.78 is 0. The molecular formula is C24H49NS. The molecule has 0 spiro atoms. The molecule has 0 saturated carbocycles. The normalized spacial score (nSPS) is 11.0. The highest BCUT2D eigenvalue weighted by atomic mass is 32.1. The van der Waals surface area contributed by atoms with Crippen molar-refractivity contribution in [2.45, 2.75) is 136 Å². The first-order valence-corrected chi connectivity index (χ1v) is 12.4. The van der Waals surface area contributed by atoms with Crippen LogP contribution in [0.4, 0.5) is 0 Å². The molecule has 2 heteroatoms. The maximum Gasteiger partial charge on any atom is 0.0779 e. The van der Waals surface area contributed by atoms with Crippen LogP contribution in [0, 0.1) is 0 Å². The molecule has 0 aromatic rings. The quantitative estimate of drug-likeness (QED) is 0.153. The lowest BCUT2D eigenvalue weighted by Gasteiger charge is -2.25. The molecule has 0 rings (SSSR count). The van der Waals surface area contributed by atoms with Gasteiger partial charge in [0.15, 0.2) is 0 Å². The Morgan fingerprint density at radius 2 is 0.846 bits per heavy atom. The third-order valence-corrected chi connectivity index (χ3v) is 5.87. The summed E-state index contributed by atoms with van der Waals surface area (Å²) in [5.41, 5.74) is 0. The van der Waals surface area contributed by atoms with E-state index in [9.17, 15) is 0 Å². The highest BCUT2D eigenvalue weighted by Gasteiger charge is 2.09. The minimum absolute atomic E-state index is 1.14. The Kier molecular flexibility index (Phi) is 21.1. The predicted octanol–water partition coefficient (Wildman–Crippen LogP) is 8.70. The summed E-state index contributed by atoms with van der Waals surface area (Å²) >= 11 is 5.82. The van der Waals surface area contributed by atoms with Crippen LogP contribution in [0.5, 0.6) is 0 Å². The Bertz CT molecular complexity index is 274. The van der Waals surface area contributed by atoms with Crippen molar-refractivity contribution in [2.24, 2.45) is 0 Å². The minimum Gasteiger partial charge on any atom is -0.366 e. The number of hydrogen-bond acceptors (Lipinski definition) is 1. The number of hydrogen-bond donors (Lipinski definition) is 0. The van der Waals surface area contributed by atoms with Crippen LogP contribution in [-0.4, -0.2) is 23.0 Å². The van der Waals surface area contributed by atoms with E-state index in [1.807, 2.05) is 0 Å². The fourth-order valence-electron chi connectivity index (χ4n) is 3.57. The fraction of sp³-hybridized carbons (Fsp3) is 0.958. The second kappa shape index (κ2) is 21.2. The van der Waals surface area contributed by atoms with Gasteiger partial charge in [0.2, 0.25) is 0 Å². The summed E-state index contributed by atoms with van der Waals surface area (Å²) in [7, 11) is 0. The number of nitrogens with zero attached hydrogens (tertiary/aromatic N) is 1. The van der Waals surface area contributed by atoms with Crippen molar-refractivity contribution < 1.29 is 0 Å². The molecule has 0 aliphatic rings. The summed E-state index contributed by atoms with van der Waals surface area (Å²) in [4.78, 5) is 3.82. The zero-order valence-electron chi connectivity index (χ0n) is 18.5. The first-order valence-electron chi connectivity index (χ1n) is 12.0. The SMILES string of the molecule is CCCCCCCCN(CCCCCCCC)C(=S)CCCCCCC. The predicted molar refractivity (Wildman–Crippen MR) is 124 cm³/mol. The van der Waals surface area contributed by atoms with E-state index >= 15 is 0 Å². The molecule has 0 aromatic carbocycles. The topological polar surface area (TPSA) is 3.24 Å². The zero-order valence-corrected chi connectivity index (χ0v) is 19.3. The van der Waals surface area contributed by atoms with Gasteiger partial charge < -0.3 is 4.90 Å². The van der Waals surface area contributed by atoms with Crippen LogP contribution in [0.15, 0.2) is 0 Å². The molecule has 0 N–H and O–H groups in total. The van der Waals surface area contributed by atoms with Crippen LogP contribution in [0.25, 0.3) is 0 Å². The fourth-order valence-corrected chi connectivity index (χ4v) is 3.89. The van der Waals surface area contributed by atoms with Crippen molar-refractivity contribution in [2.75, 3.05) is 13.1 Å². The molecule has 0 aliphatic carbocycles. The zero-order chi connectivity index (χ0) is 19.3. The molecule has 1 nitrogen and oxygen atoms in total. The second-order valence-electron chi connectivity index (χ2n) is 8.08. The van der Waals surface area contributed by atoms with E-state index in [0.29, 0.717) is 0 Å². The van der Waals surface area contributed by atoms with E-state index in [4.69, 9.17) is 12.2 Å². The van der Waals surface area contributed by atoms with Crippen molar-refractivity contribution in [3.63, 3.8) is 0 Å². The lowest BCUT2D eigenvalue weighted by atomic mass is 10.1. The van der Waals surface area contributed by atoms with Crippen LogP contribution < -0.4 is 0 Å². The molecular weight excluding hydrogens is 334 g/mol. The van der Waals surface area contributed by atoms with Crippen LogP contribution in [0.1, 0.15) is 136 Å². The number of unbranched alkanes of at least 4 members (excludes halogenated alkanes) is 14. The van der Waals surface area contributed by atoms with Gasteiger partial charge in [-0.05, 0) is 25.7 Å². The Balaban J connectivity index is 4.02. The van der Waals surface area contributed by atoms with E-state index < -0.39 is 0 Å². The van der Waals surface area contributed by atoms with Gasteiger partial charge in [0, 0.05) is 13.1 Å². The minimum atomic E-state index is 1.14. The largest absolute Gasteiger partial charge is 0.366 e. The highest BCUT2D eigenvalue weighted by Crippen LogP contribution is 2.13. The molecule has 0 heterocycles. The van der Waals surface area contributed by atoms with Crippen LogP contribution in [0.2, 0.25) is 0 Å². The van der Waals surface area contributed by atoms with Gasteiger partial charge in [-0.2, -0.15) is 0 Å². The van der Waals surface area contributed by atoms with Gasteiger partial charge in [-0.3, -0.25) is 0 Å². The second-order valence-corrected chi connectivity index (χ2v) is 8.55. The lowest BCUT2D eigenvalue weighted by molar-refractivity contribution is 0.382. The Morgan fingerprint density at radius 1 is 0.500 bits per heavy atom. The summed E-state index contributed by atoms with van der Waals surface area (Å²) in [5.74, 6) is 0. The van der Waals surface area contributed by atoms with E-state index in [-0.39, 0.29) is 0 Å². The molecule has 0 unspecified atom stereocenters. The smallest absolute Gasteiger partial charge is 0.0779 e. The number of thiocarbonyl (C=S) groups is 1. The monoisotopic (exact) mass is 383 g/mol. The molecule has 0 aliphatic heterocycles. The van der Waals surface area contributed by atoms with Gasteiger partial charge in [-0.25, -0.2) is 0 Å². The van der Waals surface area contributed by atoms with Crippen LogP contribution >= 0.6 is 12.2 Å². The third kappa shape index (κ3) is 17.3. The summed E-state index contributed by atoms with van der Waals surface area (Å²) in [6.07, 6.45) is 24.4. The van der Waals surface area contributed by atoms with Gasteiger partial charge in [0.05, 0.1) is 4.99 Å². The van der Waals surface area contributed by atoms with Crippen LogP contribution in [-0.2, 0) is 0 Å². The summed E-state index contributed by atoms with van der Waals surface area (Å²) in [6.45, 7) is 9.28. The average molecular weight is 384 g/mol. The molecule has 0 amide bonds. The first-order chi connectivity index (χ1) is 12.8. The van der Waals surface area contributed by atoms with Crippen molar-refractivity contribution >= 4 is 17.2 Å². The van der Waals surface area contributed by atoms with Gasteiger partial charge in [0.1, 0.15) is 0 Å². The third-order valence-electron chi connectivity index (χ3n) is 5.41.